The van der Waals surface area contributed by atoms with Gasteiger partial charge in [0.15, 0.2) is 0 Å². The van der Waals surface area contributed by atoms with Crippen molar-refractivity contribution in [2.45, 2.75) is 19.4 Å². The molecule has 1 aliphatic heterocycles. The first kappa shape index (κ1) is 18.4. The van der Waals surface area contributed by atoms with Gasteiger partial charge in [0.25, 0.3) is 5.91 Å². The molecule has 142 valence electrons. The lowest BCUT2D eigenvalue weighted by Crippen LogP contribution is -2.31. The van der Waals surface area contributed by atoms with Crippen molar-refractivity contribution >= 4 is 35.0 Å². The molecule has 0 saturated carbocycles. The van der Waals surface area contributed by atoms with Gasteiger partial charge in [-0.2, -0.15) is 0 Å². The lowest BCUT2D eigenvalue weighted by atomic mass is 9.85. The minimum atomic E-state index is -0.390. The molecular weight excluding hydrogens is 376 g/mol. The number of rotatable bonds is 4. The Morgan fingerprint density at radius 2 is 1.68 bits per heavy atom. The number of anilines is 1. The number of benzene rings is 2. The van der Waals surface area contributed by atoms with Gasteiger partial charge in [-0.05, 0) is 42.7 Å². The molecule has 4 rings (SSSR count). The van der Waals surface area contributed by atoms with Gasteiger partial charge in [0.05, 0.1) is 17.5 Å². The van der Waals surface area contributed by atoms with E-state index in [0.717, 1.165) is 5.56 Å². The maximum atomic E-state index is 12.7. The number of nitrogens with one attached hydrogen (secondary N) is 1. The molecule has 1 heterocycles. The maximum Gasteiger partial charge on any atom is 0.251 e. The molecule has 0 spiro atoms. The molecule has 2 aromatic rings. The van der Waals surface area contributed by atoms with E-state index in [-0.39, 0.29) is 29.6 Å². The van der Waals surface area contributed by atoms with E-state index in [1.807, 2.05) is 36.4 Å². The standard InChI is InChI=1S/C22H19ClN2O3/c23-16-8-11-18-19(12-16)22(28)25(21(18)27)17-9-6-15(7-10-17)20(26)24-13-14-4-2-1-3-5-14/h1-10,18-19H,11-13H2,(H,24,26)/t18-,19+/m1/s1. The van der Waals surface area contributed by atoms with E-state index in [9.17, 15) is 14.4 Å². The quantitative estimate of drug-likeness (QED) is 0.805. The number of nitrogens with zero attached hydrogens (tertiary/aromatic N) is 1. The van der Waals surface area contributed by atoms with Crippen LogP contribution in [0.15, 0.2) is 65.7 Å². The van der Waals surface area contributed by atoms with Crippen LogP contribution in [-0.4, -0.2) is 17.7 Å². The van der Waals surface area contributed by atoms with Crippen LogP contribution < -0.4 is 10.2 Å². The van der Waals surface area contributed by atoms with Gasteiger partial charge in [0.2, 0.25) is 11.8 Å². The van der Waals surface area contributed by atoms with Crippen molar-refractivity contribution in [2.75, 3.05) is 4.90 Å². The summed E-state index contributed by atoms with van der Waals surface area (Å²) in [6.45, 7) is 0.432. The Morgan fingerprint density at radius 3 is 2.39 bits per heavy atom. The molecule has 1 fully saturated rings. The van der Waals surface area contributed by atoms with Gasteiger partial charge in [0.1, 0.15) is 0 Å². The third kappa shape index (κ3) is 3.45. The van der Waals surface area contributed by atoms with E-state index in [2.05, 4.69) is 5.32 Å². The first-order valence-electron chi connectivity index (χ1n) is 9.19. The van der Waals surface area contributed by atoms with E-state index in [1.54, 1.807) is 24.3 Å². The predicted molar refractivity (Wildman–Crippen MR) is 107 cm³/mol. The zero-order chi connectivity index (χ0) is 19.7. The number of hydrogen-bond acceptors (Lipinski definition) is 3. The van der Waals surface area contributed by atoms with Crippen LogP contribution in [0, 0.1) is 11.8 Å². The number of halogens is 1. The smallest absolute Gasteiger partial charge is 0.251 e. The summed E-state index contributed by atoms with van der Waals surface area (Å²) < 4.78 is 0. The Labute approximate surface area is 168 Å². The lowest BCUT2D eigenvalue weighted by molar-refractivity contribution is -0.122. The van der Waals surface area contributed by atoms with Crippen LogP contribution in [0.5, 0.6) is 0 Å². The van der Waals surface area contributed by atoms with Crippen molar-refractivity contribution in [3.05, 3.63) is 76.8 Å². The van der Waals surface area contributed by atoms with Crippen LogP contribution in [0.25, 0.3) is 0 Å². The number of fused-ring (bicyclic) bond motifs is 1. The molecule has 3 amide bonds. The minimum absolute atomic E-state index is 0.198. The molecule has 2 atom stereocenters. The third-order valence-electron chi connectivity index (χ3n) is 5.25. The van der Waals surface area contributed by atoms with Gasteiger partial charge >= 0.3 is 0 Å². The molecule has 1 aliphatic carbocycles. The first-order valence-corrected chi connectivity index (χ1v) is 9.57. The van der Waals surface area contributed by atoms with Crippen molar-refractivity contribution in [1.82, 2.24) is 5.32 Å². The highest BCUT2D eigenvalue weighted by Gasteiger charge is 2.48. The summed E-state index contributed by atoms with van der Waals surface area (Å²) in [5.41, 5.74) is 1.97. The zero-order valence-corrected chi connectivity index (χ0v) is 15.9. The second-order valence-corrected chi connectivity index (χ2v) is 7.52. The number of carbonyl (C=O) groups is 3. The van der Waals surface area contributed by atoms with Gasteiger partial charge in [0, 0.05) is 17.1 Å². The largest absolute Gasteiger partial charge is 0.348 e. The Morgan fingerprint density at radius 1 is 1.00 bits per heavy atom. The molecule has 5 nitrogen and oxygen atoms in total. The van der Waals surface area contributed by atoms with Crippen molar-refractivity contribution < 1.29 is 14.4 Å². The summed E-state index contributed by atoms with van der Waals surface area (Å²) in [4.78, 5) is 39.0. The molecule has 1 N–H and O–H groups in total. The molecule has 0 bridgehead atoms. The average molecular weight is 395 g/mol. The summed E-state index contributed by atoms with van der Waals surface area (Å²) >= 11 is 6.05. The van der Waals surface area contributed by atoms with Crippen LogP contribution in [0.2, 0.25) is 0 Å². The van der Waals surface area contributed by atoms with Crippen molar-refractivity contribution in [3.8, 4) is 0 Å². The summed E-state index contributed by atoms with van der Waals surface area (Å²) in [7, 11) is 0. The highest BCUT2D eigenvalue weighted by molar-refractivity contribution is 6.30. The minimum Gasteiger partial charge on any atom is -0.348 e. The Hall–Kier alpha value is -2.92. The maximum absolute atomic E-state index is 12.7. The Kier molecular flexibility index (Phi) is 5.01. The van der Waals surface area contributed by atoms with Crippen LogP contribution in [0.3, 0.4) is 0 Å². The number of amides is 3. The van der Waals surface area contributed by atoms with Crippen LogP contribution >= 0.6 is 11.6 Å². The topological polar surface area (TPSA) is 66.5 Å². The third-order valence-corrected chi connectivity index (χ3v) is 5.56. The number of carbonyl (C=O) groups excluding carboxylic acids is 3. The van der Waals surface area contributed by atoms with E-state index in [4.69, 9.17) is 11.6 Å². The highest BCUT2D eigenvalue weighted by Crippen LogP contribution is 2.40. The predicted octanol–water partition coefficient (Wildman–Crippen LogP) is 3.64. The highest BCUT2D eigenvalue weighted by atomic mass is 35.5. The van der Waals surface area contributed by atoms with Gasteiger partial charge in [-0.1, -0.05) is 48.0 Å². The fraction of sp³-hybridized carbons (Fsp3) is 0.227. The second-order valence-electron chi connectivity index (χ2n) is 7.03. The summed E-state index contributed by atoms with van der Waals surface area (Å²) in [5.74, 6) is -1.36. The van der Waals surface area contributed by atoms with E-state index < -0.39 is 0 Å². The van der Waals surface area contributed by atoms with Gasteiger partial charge < -0.3 is 5.32 Å². The molecule has 6 heteroatoms. The number of imide groups is 1. The molecule has 2 aliphatic rings. The number of hydrogen-bond donors (Lipinski definition) is 1. The molecule has 0 unspecified atom stereocenters. The van der Waals surface area contributed by atoms with Crippen LogP contribution in [-0.2, 0) is 16.1 Å². The SMILES string of the molecule is O=C(NCc1ccccc1)c1ccc(N2C(=O)[C@H]3CC(Cl)=CC[C@H]3C2=O)cc1. The summed E-state index contributed by atoms with van der Waals surface area (Å²) in [6.07, 6.45) is 2.72. The van der Waals surface area contributed by atoms with E-state index >= 15 is 0 Å². The molecule has 28 heavy (non-hydrogen) atoms. The van der Waals surface area contributed by atoms with Crippen LogP contribution in [0.1, 0.15) is 28.8 Å². The van der Waals surface area contributed by atoms with Gasteiger partial charge in [-0.15, -0.1) is 0 Å². The Balaban J connectivity index is 1.45. The average Bonchev–Trinajstić information content (AvgIpc) is 2.97. The van der Waals surface area contributed by atoms with Crippen molar-refractivity contribution in [3.63, 3.8) is 0 Å². The number of allylic oxidation sites excluding steroid dienone is 2. The van der Waals surface area contributed by atoms with Crippen molar-refractivity contribution in [2.24, 2.45) is 11.8 Å². The Bertz CT molecular complexity index is 954. The molecule has 0 aromatic heterocycles. The first-order chi connectivity index (χ1) is 13.5. The van der Waals surface area contributed by atoms with Crippen molar-refractivity contribution in [1.29, 1.82) is 0 Å². The fourth-order valence-corrected chi connectivity index (χ4v) is 3.98. The van der Waals surface area contributed by atoms with E-state index in [1.165, 1.54) is 4.90 Å². The molecule has 0 radical (unpaired) electrons. The second kappa shape index (κ2) is 7.60. The monoisotopic (exact) mass is 394 g/mol. The molecular formula is C22H19ClN2O3. The summed E-state index contributed by atoms with van der Waals surface area (Å²) in [5, 5.41) is 3.49. The zero-order valence-electron chi connectivity index (χ0n) is 15.1. The van der Waals surface area contributed by atoms with Gasteiger partial charge in [-0.3, -0.25) is 19.3 Å². The lowest BCUT2D eigenvalue weighted by Gasteiger charge is -2.17. The normalized spacial score (nSPS) is 21.3. The van der Waals surface area contributed by atoms with Gasteiger partial charge in [-0.25, -0.2) is 0 Å². The fourth-order valence-electron chi connectivity index (χ4n) is 3.72. The molecule has 1 saturated heterocycles. The summed E-state index contributed by atoms with van der Waals surface area (Å²) in [6, 6.07) is 16.2. The molecule has 2 aromatic carbocycles. The van der Waals surface area contributed by atoms with Crippen LogP contribution in [0.4, 0.5) is 5.69 Å². The van der Waals surface area contributed by atoms with E-state index in [0.29, 0.717) is 35.7 Å².